The van der Waals surface area contributed by atoms with Crippen LogP contribution in [0.3, 0.4) is 0 Å². The average molecular weight is 122 g/mol. The number of amides is 2. The minimum Gasteiger partial charge on any atom is -0.424 e. The monoisotopic (exact) mass is 122 g/mol. The van der Waals surface area contributed by atoms with Crippen LogP contribution >= 0.6 is 0 Å². The summed E-state index contributed by atoms with van der Waals surface area (Å²) in [4.78, 5) is 9.61. The van der Waals surface area contributed by atoms with Crippen LogP contribution in [-0.4, -0.2) is 6.03 Å². The number of primary amides is 1. The Morgan fingerprint density at radius 1 is 1.86 bits per heavy atom. The highest BCUT2D eigenvalue weighted by Gasteiger charge is 1.74. The van der Waals surface area contributed by atoms with E-state index in [0.29, 0.717) is 0 Å². The van der Waals surface area contributed by atoms with Crippen LogP contribution in [0, 0.1) is 4.78 Å². The first-order chi connectivity index (χ1) is 3.13. The lowest BCUT2D eigenvalue weighted by molar-refractivity contribution is 0.254. The molecule has 0 rings (SSSR count). The van der Waals surface area contributed by atoms with E-state index in [2.05, 4.69) is 5.73 Å². The van der Waals surface area contributed by atoms with Crippen molar-refractivity contribution < 1.29 is 9.00 Å². The molecular formula is CH4N3O2S-. The second-order valence-corrected chi connectivity index (χ2v) is 1.48. The molecule has 0 aliphatic rings. The van der Waals surface area contributed by atoms with Crippen LogP contribution in [-0.2, 0) is 15.0 Å². The van der Waals surface area contributed by atoms with E-state index in [1.807, 2.05) is 0 Å². The molecule has 0 unspecified atom stereocenters. The largest absolute Gasteiger partial charge is 0.424 e. The Kier molecular flexibility index (Phi) is 2.14. The molecule has 0 bridgehead atoms. The van der Waals surface area contributed by atoms with Crippen molar-refractivity contribution in [2.24, 2.45) is 5.73 Å². The van der Waals surface area contributed by atoms with Crippen molar-refractivity contribution in [3.63, 3.8) is 0 Å². The molecule has 0 saturated carbocycles. The molecule has 0 fully saturated rings. The van der Waals surface area contributed by atoms with Gasteiger partial charge in [0.15, 0.2) is 0 Å². The number of nitrogens with two attached hydrogens (primary N) is 1. The zero-order chi connectivity index (χ0) is 5.86. The number of urea groups is 1. The first-order valence-corrected chi connectivity index (χ1v) is 2.47. The van der Waals surface area contributed by atoms with E-state index in [-0.39, 0.29) is 0 Å². The van der Waals surface area contributed by atoms with Gasteiger partial charge in [0.25, 0.3) is 6.03 Å². The number of nitrogens with one attached hydrogen (secondary N) is 2. The van der Waals surface area contributed by atoms with Gasteiger partial charge in [-0.15, -0.1) is 0 Å². The maximum absolute atomic E-state index is 9.62. The molecule has 2 amide bonds. The van der Waals surface area contributed by atoms with E-state index in [1.54, 1.807) is 4.72 Å². The van der Waals surface area contributed by atoms with Gasteiger partial charge >= 0.3 is 0 Å². The standard InChI is InChI=1S/CH4N3O2S/c2-1(5)4-7(3)6/h(H4,2,3,4,5,6)/q-1. The lowest BCUT2D eigenvalue weighted by Gasteiger charge is -1.96. The predicted octanol–water partition coefficient (Wildman–Crippen LogP) is -0.704. The van der Waals surface area contributed by atoms with E-state index in [9.17, 15) is 9.00 Å². The summed E-state index contributed by atoms with van der Waals surface area (Å²) in [5.74, 6) is 0. The second kappa shape index (κ2) is 2.40. The van der Waals surface area contributed by atoms with Crippen LogP contribution in [0.15, 0.2) is 0 Å². The molecule has 0 heterocycles. The summed E-state index contributed by atoms with van der Waals surface area (Å²) < 4.78 is 17.4. The molecule has 5 nitrogen and oxygen atoms in total. The van der Waals surface area contributed by atoms with Gasteiger partial charge in [-0.3, -0.25) is 4.79 Å². The molecule has 42 valence electrons. The van der Waals surface area contributed by atoms with Gasteiger partial charge in [-0.25, -0.2) is 0 Å². The quantitative estimate of drug-likeness (QED) is 0.401. The lowest BCUT2D eigenvalue weighted by Crippen LogP contribution is -2.26. The van der Waals surface area contributed by atoms with Crippen molar-refractivity contribution in [3.8, 4) is 0 Å². The van der Waals surface area contributed by atoms with Crippen LogP contribution in [0.1, 0.15) is 0 Å². The number of hydrogen-bond acceptors (Lipinski definition) is 4. The topological polar surface area (TPSA) is 96.0 Å². The highest BCUT2D eigenvalue weighted by Crippen LogP contribution is 1.52. The Morgan fingerprint density at radius 3 is 2.29 bits per heavy atom. The number of carbonyl (C=O) groups is 1. The zero-order valence-electron chi connectivity index (χ0n) is 3.30. The molecule has 0 spiro atoms. The SMILES string of the molecule is N=[S-](=O)NC(N)=O. The first kappa shape index (κ1) is 6.22. The van der Waals surface area contributed by atoms with E-state index < -0.39 is 16.8 Å². The summed E-state index contributed by atoms with van der Waals surface area (Å²) in [6.07, 6.45) is 0. The molecular weight excluding hydrogens is 118 g/mol. The van der Waals surface area contributed by atoms with Crippen LogP contribution in [0.4, 0.5) is 4.79 Å². The molecule has 6 heteroatoms. The van der Waals surface area contributed by atoms with E-state index in [1.165, 1.54) is 0 Å². The Morgan fingerprint density at radius 2 is 2.29 bits per heavy atom. The van der Waals surface area contributed by atoms with Gasteiger partial charge in [0.1, 0.15) is 0 Å². The maximum atomic E-state index is 9.62. The van der Waals surface area contributed by atoms with Gasteiger partial charge < -0.3 is 19.4 Å². The summed E-state index contributed by atoms with van der Waals surface area (Å²) >= 11 is 0. The molecule has 0 aliphatic heterocycles. The zero-order valence-corrected chi connectivity index (χ0v) is 4.12. The van der Waals surface area contributed by atoms with Gasteiger partial charge in [0.2, 0.25) is 0 Å². The van der Waals surface area contributed by atoms with Crippen LogP contribution < -0.4 is 10.5 Å². The fourth-order valence-corrected chi connectivity index (χ4v) is 0.274. The van der Waals surface area contributed by atoms with E-state index in [0.717, 1.165) is 0 Å². The molecule has 0 radical (unpaired) electrons. The Labute approximate surface area is 42.0 Å². The summed E-state index contributed by atoms with van der Waals surface area (Å²) in [7, 11) is -2.07. The predicted molar refractivity (Wildman–Crippen MR) is 23.5 cm³/mol. The van der Waals surface area contributed by atoms with Crippen LogP contribution in [0.25, 0.3) is 0 Å². The molecule has 7 heavy (non-hydrogen) atoms. The first-order valence-electron chi connectivity index (χ1n) is 1.32. The fraction of sp³-hybridized carbons (Fsp3) is 0. The molecule has 0 aliphatic carbocycles. The van der Waals surface area contributed by atoms with Gasteiger partial charge in [-0.05, 0) is 0 Å². The third-order valence-electron chi connectivity index (χ3n) is 0.193. The van der Waals surface area contributed by atoms with E-state index in [4.69, 9.17) is 4.78 Å². The maximum Gasteiger partial charge on any atom is 0.296 e. The van der Waals surface area contributed by atoms with Gasteiger partial charge in [0, 0.05) is 0 Å². The van der Waals surface area contributed by atoms with E-state index >= 15 is 0 Å². The average Bonchev–Trinajstić information content (AvgIpc) is 1.27. The van der Waals surface area contributed by atoms with Crippen molar-refractivity contribution in [2.45, 2.75) is 0 Å². The van der Waals surface area contributed by atoms with Crippen LogP contribution in [0.2, 0.25) is 0 Å². The van der Waals surface area contributed by atoms with Gasteiger partial charge in [-0.1, -0.05) is 10.8 Å². The normalized spacial score (nSPS) is 8.71. The Balaban J connectivity index is 3.53. The molecule has 0 saturated heterocycles. The highest BCUT2D eigenvalue weighted by atomic mass is 32.2. The van der Waals surface area contributed by atoms with Crippen molar-refractivity contribution >= 4 is 16.8 Å². The van der Waals surface area contributed by atoms with Crippen molar-refractivity contribution in [3.05, 3.63) is 0 Å². The summed E-state index contributed by atoms with van der Waals surface area (Å²) in [5.41, 5.74) is 4.43. The Hall–Kier alpha value is -0.780. The third kappa shape index (κ3) is 5.22. The summed E-state index contributed by atoms with van der Waals surface area (Å²) in [6, 6.07) is -0.951. The van der Waals surface area contributed by atoms with Gasteiger partial charge in [0.05, 0.1) is 0 Å². The minimum atomic E-state index is -2.07. The molecule has 0 atom stereocenters. The van der Waals surface area contributed by atoms with Crippen LogP contribution in [0.5, 0.6) is 0 Å². The molecule has 0 aromatic rings. The number of carbonyl (C=O) groups excluding carboxylic acids is 1. The molecule has 4 N–H and O–H groups in total. The van der Waals surface area contributed by atoms with Crippen molar-refractivity contribution in [1.29, 1.82) is 4.78 Å². The highest BCUT2D eigenvalue weighted by molar-refractivity contribution is 7.72. The lowest BCUT2D eigenvalue weighted by atomic mass is 11.2. The van der Waals surface area contributed by atoms with Gasteiger partial charge in [-0.2, -0.15) is 0 Å². The fourth-order valence-electron chi connectivity index (χ4n) is 0.0914. The second-order valence-electron chi connectivity index (χ2n) is 0.735. The molecule has 0 aromatic heterocycles. The smallest absolute Gasteiger partial charge is 0.296 e. The van der Waals surface area contributed by atoms with Crippen molar-refractivity contribution in [1.82, 2.24) is 4.72 Å². The number of hydrogen-bond donors (Lipinski definition) is 3. The molecule has 0 aromatic carbocycles. The third-order valence-corrected chi connectivity index (χ3v) is 0.580. The van der Waals surface area contributed by atoms with Crippen molar-refractivity contribution in [2.75, 3.05) is 0 Å². The minimum absolute atomic E-state index is 0.951. The summed E-state index contributed by atoms with van der Waals surface area (Å²) in [6.45, 7) is 0. The Bertz CT molecular complexity index is 130. The number of rotatable bonds is 1. The summed E-state index contributed by atoms with van der Waals surface area (Å²) in [5, 5.41) is 0.